The predicted octanol–water partition coefficient (Wildman–Crippen LogP) is 7.81. The second-order valence-corrected chi connectivity index (χ2v) is 22.4. The number of nitrogens with zero attached hydrogens (tertiary/aromatic N) is 3. The lowest BCUT2D eigenvalue weighted by Crippen LogP contribution is -2.61. The minimum atomic E-state index is -0.378. The molecule has 0 saturated carbocycles. The van der Waals surface area contributed by atoms with Crippen molar-refractivity contribution < 1.29 is 58.1 Å². The van der Waals surface area contributed by atoms with Gasteiger partial charge in [0.05, 0.1) is 42.7 Å². The van der Waals surface area contributed by atoms with Crippen LogP contribution in [0.15, 0.2) is 71.9 Å². The normalized spacial score (nSPS) is 32.8. The monoisotopic (exact) mass is 1030 g/mol. The van der Waals surface area contributed by atoms with Crippen LogP contribution in [0.1, 0.15) is 105 Å². The largest absolute Gasteiger partial charge is 0.504 e. The lowest BCUT2D eigenvalue weighted by atomic mass is 9.51. The Bertz CT molecular complexity index is 2760. The third kappa shape index (κ3) is 7.86. The summed E-state index contributed by atoms with van der Waals surface area (Å²) in [6, 6.07) is 12.5. The number of methoxy groups -OCH3 is 6. The van der Waals surface area contributed by atoms with Gasteiger partial charge in [0.2, 0.25) is 0 Å². The van der Waals surface area contributed by atoms with Crippen LogP contribution in [0.25, 0.3) is 0 Å². The van der Waals surface area contributed by atoms with Crippen molar-refractivity contribution in [2.75, 3.05) is 83.4 Å². The second-order valence-electron chi connectivity index (χ2n) is 22.4. The highest BCUT2D eigenvalue weighted by Crippen LogP contribution is 2.63. The van der Waals surface area contributed by atoms with Crippen LogP contribution >= 0.6 is 0 Å². The summed E-state index contributed by atoms with van der Waals surface area (Å²) in [6.07, 6.45) is 10.5. The lowest BCUT2D eigenvalue weighted by molar-refractivity contribution is -0.123. The smallest absolute Gasteiger partial charge is 0.197 e. The Hall–Kier alpha value is -6.03. The molecular formula is C60H77N3O12. The topological polar surface area (TPSA) is 177 Å². The molecule has 9 aliphatic rings. The number of hydrogen-bond donors (Lipinski definition) is 3. The minimum Gasteiger partial charge on any atom is -0.504 e. The molecule has 15 nitrogen and oxygen atoms in total. The maximum atomic E-state index is 12.7. The Morgan fingerprint density at radius 3 is 1.21 bits per heavy atom. The van der Waals surface area contributed by atoms with E-state index in [1.807, 2.05) is 42.5 Å². The highest BCUT2D eigenvalue weighted by atomic mass is 16.5. The molecule has 11 atom stereocenters. The van der Waals surface area contributed by atoms with Gasteiger partial charge in [0.1, 0.15) is 0 Å². The number of phenols is 3. The summed E-state index contributed by atoms with van der Waals surface area (Å²) >= 11 is 0. The summed E-state index contributed by atoms with van der Waals surface area (Å²) in [5.41, 5.74) is 5.01. The van der Waals surface area contributed by atoms with Crippen LogP contribution in [0.2, 0.25) is 0 Å². The highest BCUT2D eigenvalue weighted by Gasteiger charge is 2.61. The van der Waals surface area contributed by atoms with Crippen LogP contribution in [0.3, 0.4) is 0 Å². The molecule has 3 heterocycles. The number of carbonyl (C=O) groups is 3. The summed E-state index contributed by atoms with van der Waals surface area (Å²) in [4.78, 5) is 45.1. The zero-order valence-corrected chi connectivity index (χ0v) is 44.7. The number of Topliss-reactive ketones (excluding diaryl/α,β-unsaturated/α-hetero) is 3. The van der Waals surface area contributed by atoms with Gasteiger partial charge in [-0.25, -0.2) is 0 Å². The summed E-state index contributed by atoms with van der Waals surface area (Å²) in [5, 5.41) is 32.8. The number of likely N-dealkylation sites (N-methyl/N-ethyl adjacent to an activating group) is 3. The second kappa shape index (κ2) is 19.8. The molecular weight excluding hydrogens is 955 g/mol. The summed E-state index contributed by atoms with van der Waals surface area (Å²) in [7, 11) is 15.8. The van der Waals surface area contributed by atoms with Crippen molar-refractivity contribution in [1.82, 2.24) is 14.7 Å². The van der Waals surface area contributed by atoms with Crippen molar-refractivity contribution in [3.05, 3.63) is 105 Å². The maximum absolute atomic E-state index is 12.7. The molecule has 12 rings (SSSR count). The number of allylic oxidation sites excluding steroid dienone is 3. The summed E-state index contributed by atoms with van der Waals surface area (Å²) in [6.45, 7) is 7.15. The Balaban J connectivity index is 0.000000137. The fourth-order valence-electron chi connectivity index (χ4n) is 16.0. The van der Waals surface area contributed by atoms with Gasteiger partial charge < -0.3 is 58.4 Å². The Kier molecular flexibility index (Phi) is 14.2. The van der Waals surface area contributed by atoms with Crippen molar-refractivity contribution in [3.63, 3.8) is 0 Å². The molecule has 0 radical (unpaired) electrons. The van der Waals surface area contributed by atoms with E-state index in [1.165, 1.54) is 0 Å². The van der Waals surface area contributed by atoms with Gasteiger partial charge in [0, 0.05) is 88.1 Å². The van der Waals surface area contributed by atoms with Crippen LogP contribution < -0.4 is 14.2 Å². The first kappa shape index (κ1) is 53.8. The van der Waals surface area contributed by atoms with Gasteiger partial charge in [-0.1, -0.05) is 39.5 Å². The van der Waals surface area contributed by atoms with Crippen molar-refractivity contribution in [2.45, 2.75) is 112 Å². The van der Waals surface area contributed by atoms with Crippen LogP contribution in [-0.2, 0) is 51.3 Å². The van der Waals surface area contributed by atoms with Gasteiger partial charge in [-0.05, 0) is 131 Å². The third-order valence-electron chi connectivity index (χ3n) is 19.4. The summed E-state index contributed by atoms with van der Waals surface area (Å²) in [5.74, 6) is 4.39. The van der Waals surface area contributed by atoms with E-state index in [-0.39, 0.29) is 99.9 Å². The highest BCUT2D eigenvalue weighted by molar-refractivity contribution is 5.97. The number of carbonyl (C=O) groups excluding carboxylic acids is 3. The fourth-order valence-corrected chi connectivity index (χ4v) is 16.0. The molecule has 3 aliphatic heterocycles. The van der Waals surface area contributed by atoms with Gasteiger partial charge in [-0.15, -0.1) is 0 Å². The van der Waals surface area contributed by atoms with Gasteiger partial charge >= 0.3 is 0 Å². The van der Waals surface area contributed by atoms with Crippen molar-refractivity contribution in [1.29, 1.82) is 0 Å². The average molecular weight is 1030 g/mol. The predicted molar refractivity (Wildman–Crippen MR) is 284 cm³/mol. The maximum Gasteiger partial charge on any atom is 0.197 e. The zero-order chi connectivity index (χ0) is 52.9. The Morgan fingerprint density at radius 1 is 0.480 bits per heavy atom. The first-order valence-electron chi connectivity index (χ1n) is 26.1. The molecule has 3 fully saturated rings. The molecule has 75 heavy (non-hydrogen) atoms. The molecule has 0 aromatic heterocycles. The molecule has 0 spiro atoms. The SMILES string of the molecule is C.COC1=CC2[C@@H]3Cc4ccc(OC)c(O)c4[C@]2(CCN3C)CC1=O.COC1=CC2[C@@H]3[C@H](C)c4ccc(OC)c(O)c4[C@]2(CCN3C)CC1=O.COC1=CC2[C@@H]3[C@H](C)c4ccc(OC)c(O)c4[C@]2(CCN3C)CC1=O. The molecule has 3 aromatic rings. The van der Waals surface area contributed by atoms with Crippen LogP contribution in [0, 0.1) is 17.8 Å². The van der Waals surface area contributed by atoms with Gasteiger partial charge in [0.25, 0.3) is 0 Å². The number of rotatable bonds is 6. The molecule has 6 bridgehead atoms. The van der Waals surface area contributed by atoms with E-state index in [1.54, 1.807) is 42.7 Å². The lowest BCUT2D eigenvalue weighted by Gasteiger charge is -2.58. The first-order valence-corrected chi connectivity index (χ1v) is 26.1. The third-order valence-corrected chi connectivity index (χ3v) is 19.4. The van der Waals surface area contributed by atoms with Gasteiger partial charge in [-0.3, -0.25) is 14.4 Å². The quantitative estimate of drug-likeness (QED) is 0.218. The Morgan fingerprint density at radius 2 is 0.827 bits per heavy atom. The molecule has 404 valence electrons. The van der Waals surface area contributed by atoms with Crippen LogP contribution in [0.4, 0.5) is 0 Å². The molecule has 3 unspecified atom stereocenters. The molecule has 3 saturated heterocycles. The summed E-state index contributed by atoms with van der Waals surface area (Å²) < 4.78 is 32.1. The molecule has 6 aliphatic carbocycles. The number of phenolic OH excluding ortho intramolecular Hbond substituents is 3. The van der Waals surface area contributed by atoms with E-state index in [4.69, 9.17) is 28.4 Å². The van der Waals surface area contributed by atoms with Crippen molar-refractivity contribution in [2.24, 2.45) is 17.8 Å². The minimum absolute atomic E-state index is 0. The number of ether oxygens (including phenoxy) is 6. The standard InChI is InChI=1S/2C20H25NO4.C19H23NO4.CH4/c2*1-11-12-5-6-15(24-3)19(23)17(12)20-7-8-21(2)18(11)13(20)9-16(25-4)14(22)10-20;1-20-7-6-19-10-14(21)16(24-3)9-12(19)13(20)8-11-4-5-15(23-2)18(22)17(11)19;/h2*5-6,9,11,13,18,23H,7-8,10H2,1-4H3;4-5,9,12-13,22H,6-8,10H2,1-3H3;1H4/t2*11-,13?,18+,20-;12?,13-,19+;/m110./s1. The van der Waals surface area contributed by atoms with Crippen molar-refractivity contribution >= 4 is 17.3 Å². The molecule has 3 aromatic carbocycles. The molecule has 0 amide bonds. The van der Waals surface area contributed by atoms with E-state index in [9.17, 15) is 29.7 Å². The van der Waals surface area contributed by atoms with Crippen LogP contribution in [-0.4, -0.2) is 149 Å². The average Bonchev–Trinajstić information content (AvgIpc) is 3.39. The Labute approximate surface area is 442 Å². The first-order chi connectivity index (χ1) is 35.4. The van der Waals surface area contributed by atoms with Gasteiger partial charge in [-0.2, -0.15) is 0 Å². The van der Waals surface area contributed by atoms with E-state index in [0.29, 0.717) is 59.8 Å². The van der Waals surface area contributed by atoms with E-state index in [2.05, 4.69) is 61.8 Å². The number of ketones is 3. The van der Waals surface area contributed by atoms with Crippen molar-refractivity contribution in [3.8, 4) is 34.5 Å². The number of likely N-dealkylation sites (tertiary alicyclic amines) is 3. The zero-order valence-electron chi connectivity index (χ0n) is 44.7. The van der Waals surface area contributed by atoms with E-state index >= 15 is 0 Å². The molecule has 15 heteroatoms. The van der Waals surface area contributed by atoms with Crippen LogP contribution in [0.5, 0.6) is 34.5 Å². The van der Waals surface area contributed by atoms with E-state index in [0.717, 1.165) is 78.7 Å². The fraction of sp³-hybridized carbons (Fsp3) is 0.550. The number of piperidine rings is 3. The number of hydrogen-bond acceptors (Lipinski definition) is 15. The number of benzene rings is 3. The number of fused-ring (bicyclic) bond motifs is 3. The van der Waals surface area contributed by atoms with Gasteiger partial charge in [0.15, 0.2) is 69.1 Å². The van der Waals surface area contributed by atoms with E-state index < -0.39 is 0 Å². The molecule has 3 N–H and O–H groups in total. The number of aromatic hydroxyl groups is 3.